The number of rotatable bonds is 7. The number of carbonyl (C=O) groups is 2. The van der Waals surface area contributed by atoms with Crippen molar-refractivity contribution in [2.24, 2.45) is 0 Å². The summed E-state index contributed by atoms with van der Waals surface area (Å²) in [6.45, 7) is 0.408. The minimum Gasteiger partial charge on any atom is -0.361 e. The highest BCUT2D eigenvalue weighted by Gasteiger charge is 2.15. The number of nitrogens with one attached hydrogen (secondary N) is 3. The Hall–Kier alpha value is -3.83. The summed E-state index contributed by atoms with van der Waals surface area (Å²) in [5.41, 5.74) is 3.44. The molecule has 4 aromatic rings. The van der Waals surface area contributed by atoms with Crippen LogP contribution in [0, 0.1) is 0 Å². The van der Waals surface area contributed by atoms with Crippen molar-refractivity contribution in [3.05, 3.63) is 112 Å². The van der Waals surface area contributed by atoms with Crippen LogP contribution in [0.5, 0.6) is 0 Å². The van der Waals surface area contributed by atoms with Gasteiger partial charge in [0.15, 0.2) is 0 Å². The Morgan fingerprint density at radius 2 is 1.72 bits per heavy atom. The second kappa shape index (κ2) is 9.98. The van der Waals surface area contributed by atoms with Crippen molar-refractivity contribution < 1.29 is 9.59 Å². The number of aromatic amines is 1. The molecule has 1 aromatic heterocycles. The Morgan fingerprint density at radius 3 is 2.53 bits per heavy atom. The zero-order valence-electron chi connectivity index (χ0n) is 17.3. The lowest BCUT2D eigenvalue weighted by atomic mass is 10.1. The molecule has 0 bridgehead atoms. The Kier molecular flexibility index (Phi) is 6.68. The maximum absolute atomic E-state index is 13.0. The van der Waals surface area contributed by atoms with Crippen LogP contribution in [-0.4, -0.2) is 23.3 Å². The molecule has 0 saturated carbocycles. The smallest absolute Gasteiger partial charge is 0.267 e. The van der Waals surface area contributed by atoms with Crippen LogP contribution in [0.2, 0.25) is 5.02 Å². The normalized spacial score (nSPS) is 11.3. The van der Waals surface area contributed by atoms with Crippen LogP contribution < -0.4 is 10.6 Å². The SMILES string of the molecule is O=C(NCCc1cccc(Cl)c1)C(=Cc1c[nH]c2ccccc12)NC(=O)c1ccccc1. The third kappa shape index (κ3) is 5.25. The van der Waals surface area contributed by atoms with E-state index in [2.05, 4.69) is 15.6 Å². The summed E-state index contributed by atoms with van der Waals surface area (Å²) in [4.78, 5) is 28.9. The van der Waals surface area contributed by atoms with Crippen molar-refractivity contribution in [2.75, 3.05) is 6.54 Å². The van der Waals surface area contributed by atoms with Gasteiger partial charge in [-0.3, -0.25) is 9.59 Å². The van der Waals surface area contributed by atoms with Crippen LogP contribution >= 0.6 is 11.6 Å². The van der Waals surface area contributed by atoms with Crippen LogP contribution in [0.15, 0.2) is 90.8 Å². The van der Waals surface area contributed by atoms with Crippen molar-refractivity contribution >= 4 is 40.4 Å². The Bertz CT molecular complexity index is 1280. The van der Waals surface area contributed by atoms with E-state index in [-0.39, 0.29) is 17.5 Å². The number of para-hydroxylation sites is 1. The van der Waals surface area contributed by atoms with Gasteiger partial charge < -0.3 is 15.6 Å². The predicted molar refractivity (Wildman–Crippen MR) is 128 cm³/mol. The third-order valence-electron chi connectivity index (χ3n) is 5.04. The molecule has 0 aliphatic carbocycles. The molecule has 160 valence electrons. The molecule has 0 unspecified atom stereocenters. The van der Waals surface area contributed by atoms with Crippen LogP contribution in [0.1, 0.15) is 21.5 Å². The quantitative estimate of drug-likeness (QED) is 0.353. The number of halogens is 1. The highest BCUT2D eigenvalue weighted by molar-refractivity contribution is 6.30. The molecule has 3 aromatic carbocycles. The van der Waals surface area contributed by atoms with Gasteiger partial charge >= 0.3 is 0 Å². The molecule has 3 N–H and O–H groups in total. The molecule has 0 radical (unpaired) electrons. The first-order valence-electron chi connectivity index (χ1n) is 10.3. The fourth-order valence-corrected chi connectivity index (χ4v) is 3.63. The molecule has 0 saturated heterocycles. The van der Waals surface area contributed by atoms with E-state index >= 15 is 0 Å². The minimum absolute atomic E-state index is 0.176. The lowest BCUT2D eigenvalue weighted by Crippen LogP contribution is -2.35. The molecule has 0 atom stereocenters. The topological polar surface area (TPSA) is 74.0 Å². The molecular formula is C26H22ClN3O2. The average molecular weight is 444 g/mol. The molecule has 2 amide bonds. The largest absolute Gasteiger partial charge is 0.361 e. The first-order chi connectivity index (χ1) is 15.6. The number of carbonyl (C=O) groups excluding carboxylic acids is 2. The van der Waals surface area contributed by atoms with E-state index in [1.165, 1.54) is 0 Å². The van der Waals surface area contributed by atoms with Gasteiger partial charge in [-0.1, -0.05) is 60.1 Å². The number of hydrogen-bond donors (Lipinski definition) is 3. The molecular weight excluding hydrogens is 422 g/mol. The van der Waals surface area contributed by atoms with Gasteiger partial charge in [0.1, 0.15) is 5.70 Å². The van der Waals surface area contributed by atoms with Crippen molar-refractivity contribution in [3.8, 4) is 0 Å². The maximum atomic E-state index is 13.0. The van der Waals surface area contributed by atoms with Crippen molar-refractivity contribution in [1.29, 1.82) is 0 Å². The van der Waals surface area contributed by atoms with Crippen molar-refractivity contribution in [3.63, 3.8) is 0 Å². The maximum Gasteiger partial charge on any atom is 0.267 e. The summed E-state index contributed by atoms with van der Waals surface area (Å²) in [6, 6.07) is 24.1. The van der Waals surface area contributed by atoms with Crippen LogP contribution in [0.3, 0.4) is 0 Å². The van der Waals surface area contributed by atoms with E-state index in [0.29, 0.717) is 23.6 Å². The molecule has 4 rings (SSSR count). The fraction of sp³-hybridized carbons (Fsp3) is 0.0769. The molecule has 0 aliphatic heterocycles. The second-order valence-electron chi connectivity index (χ2n) is 7.30. The van der Waals surface area contributed by atoms with Crippen LogP contribution in [0.25, 0.3) is 17.0 Å². The molecule has 5 nitrogen and oxygen atoms in total. The van der Waals surface area contributed by atoms with Gasteiger partial charge in [0.25, 0.3) is 11.8 Å². The lowest BCUT2D eigenvalue weighted by Gasteiger charge is -2.11. The monoisotopic (exact) mass is 443 g/mol. The van der Waals surface area contributed by atoms with Crippen molar-refractivity contribution in [2.45, 2.75) is 6.42 Å². The summed E-state index contributed by atoms with van der Waals surface area (Å²) in [5, 5.41) is 7.28. The van der Waals surface area contributed by atoms with E-state index in [0.717, 1.165) is 22.0 Å². The Morgan fingerprint density at radius 1 is 0.938 bits per heavy atom. The van der Waals surface area contributed by atoms with E-state index in [1.807, 2.05) is 60.8 Å². The summed E-state index contributed by atoms with van der Waals surface area (Å²) in [6.07, 6.45) is 4.13. The highest BCUT2D eigenvalue weighted by atomic mass is 35.5. The molecule has 0 fully saturated rings. The van der Waals surface area contributed by atoms with E-state index < -0.39 is 0 Å². The van der Waals surface area contributed by atoms with Gasteiger partial charge in [0.2, 0.25) is 0 Å². The highest BCUT2D eigenvalue weighted by Crippen LogP contribution is 2.20. The number of fused-ring (bicyclic) bond motifs is 1. The number of hydrogen-bond acceptors (Lipinski definition) is 2. The van der Waals surface area contributed by atoms with Gasteiger partial charge in [-0.15, -0.1) is 0 Å². The Balaban J connectivity index is 1.55. The number of H-pyrrole nitrogens is 1. The second-order valence-corrected chi connectivity index (χ2v) is 7.74. The van der Waals surface area contributed by atoms with Crippen LogP contribution in [-0.2, 0) is 11.2 Å². The van der Waals surface area contributed by atoms with Gasteiger partial charge in [-0.05, 0) is 48.4 Å². The summed E-state index contributed by atoms with van der Waals surface area (Å²) in [5.74, 6) is -0.705. The van der Waals surface area contributed by atoms with Gasteiger partial charge in [-0.25, -0.2) is 0 Å². The molecule has 0 spiro atoms. The standard InChI is InChI=1S/C26H22ClN3O2/c27-21-10-6-7-18(15-21)13-14-28-26(32)24(30-25(31)19-8-2-1-3-9-19)16-20-17-29-23-12-5-4-11-22(20)23/h1-12,15-17,29H,13-14H2,(H,28,32)(H,30,31). The first kappa shape index (κ1) is 21.4. The molecule has 0 aliphatic rings. The number of benzene rings is 3. The fourth-order valence-electron chi connectivity index (χ4n) is 3.42. The van der Waals surface area contributed by atoms with Crippen LogP contribution in [0.4, 0.5) is 0 Å². The summed E-state index contributed by atoms with van der Waals surface area (Å²) >= 11 is 6.03. The van der Waals surface area contributed by atoms with E-state index in [4.69, 9.17) is 11.6 Å². The predicted octanol–water partition coefficient (Wildman–Crippen LogP) is 4.95. The number of aromatic nitrogens is 1. The zero-order valence-corrected chi connectivity index (χ0v) is 18.0. The lowest BCUT2D eigenvalue weighted by molar-refractivity contribution is -0.117. The summed E-state index contributed by atoms with van der Waals surface area (Å²) in [7, 11) is 0. The Labute approximate surface area is 191 Å². The van der Waals surface area contributed by atoms with Gasteiger partial charge in [0.05, 0.1) is 0 Å². The number of amides is 2. The van der Waals surface area contributed by atoms with E-state index in [9.17, 15) is 9.59 Å². The third-order valence-corrected chi connectivity index (χ3v) is 5.27. The average Bonchev–Trinajstić information content (AvgIpc) is 3.22. The zero-order chi connectivity index (χ0) is 22.3. The molecule has 32 heavy (non-hydrogen) atoms. The summed E-state index contributed by atoms with van der Waals surface area (Å²) < 4.78 is 0. The van der Waals surface area contributed by atoms with Gasteiger partial charge in [0, 0.05) is 39.8 Å². The minimum atomic E-state index is -0.360. The van der Waals surface area contributed by atoms with Gasteiger partial charge in [-0.2, -0.15) is 0 Å². The van der Waals surface area contributed by atoms with E-state index in [1.54, 1.807) is 30.3 Å². The molecule has 1 heterocycles. The molecule has 6 heteroatoms. The van der Waals surface area contributed by atoms with Crippen molar-refractivity contribution in [1.82, 2.24) is 15.6 Å². The first-order valence-corrected chi connectivity index (χ1v) is 10.6.